The van der Waals surface area contributed by atoms with Gasteiger partial charge in [-0.3, -0.25) is 30.6 Å². The number of hydrogen-bond donors (Lipinski definition) is 2. The summed E-state index contributed by atoms with van der Waals surface area (Å²) >= 11 is 0. The highest BCUT2D eigenvalue weighted by atomic mass is 16.6. The van der Waals surface area contributed by atoms with Crippen molar-refractivity contribution in [1.29, 1.82) is 0 Å². The van der Waals surface area contributed by atoms with Gasteiger partial charge in [0.1, 0.15) is 0 Å². The van der Waals surface area contributed by atoms with Crippen LogP contribution in [0.25, 0.3) is 5.69 Å². The number of nitrogens with one attached hydrogen (secondary N) is 2. The summed E-state index contributed by atoms with van der Waals surface area (Å²) in [6.07, 6.45) is 5.06. The zero-order valence-electron chi connectivity index (χ0n) is 13.3. The number of benzene rings is 2. The first-order chi connectivity index (χ1) is 12.5. The summed E-state index contributed by atoms with van der Waals surface area (Å²) in [6, 6.07) is 11.8. The summed E-state index contributed by atoms with van der Waals surface area (Å²) in [6.45, 7) is 0. The van der Waals surface area contributed by atoms with Gasteiger partial charge >= 0.3 is 0 Å². The molecule has 0 aliphatic heterocycles. The number of imidazole rings is 1. The molecular weight excluding hydrogens is 338 g/mol. The summed E-state index contributed by atoms with van der Waals surface area (Å²) in [5, 5.41) is 10.6. The monoisotopic (exact) mass is 351 g/mol. The fraction of sp³-hybridized carbons (Fsp3) is 0. The number of nitro benzene ring substituents is 1. The van der Waals surface area contributed by atoms with Crippen molar-refractivity contribution in [3.05, 3.63) is 88.5 Å². The van der Waals surface area contributed by atoms with Crippen LogP contribution in [0.2, 0.25) is 0 Å². The standard InChI is InChI=1S/C17H13N5O4/c23-16(12-1-5-14(6-2-12)21-10-9-18-11-21)19-20-17(24)13-3-7-15(8-4-13)22(25)26/h1-11H,(H,19,23)(H,20,24). The van der Waals surface area contributed by atoms with Crippen LogP contribution >= 0.6 is 0 Å². The lowest BCUT2D eigenvalue weighted by atomic mass is 10.2. The predicted molar refractivity (Wildman–Crippen MR) is 91.6 cm³/mol. The van der Waals surface area contributed by atoms with Crippen LogP contribution in [0.3, 0.4) is 0 Å². The van der Waals surface area contributed by atoms with E-state index < -0.39 is 16.7 Å². The van der Waals surface area contributed by atoms with Gasteiger partial charge in [-0.15, -0.1) is 0 Å². The van der Waals surface area contributed by atoms with Crippen LogP contribution in [0.4, 0.5) is 5.69 Å². The minimum atomic E-state index is -0.580. The molecular formula is C17H13N5O4. The summed E-state index contributed by atoms with van der Waals surface area (Å²) in [5.74, 6) is -1.07. The van der Waals surface area contributed by atoms with E-state index in [1.807, 2.05) is 0 Å². The maximum atomic E-state index is 12.1. The van der Waals surface area contributed by atoms with Gasteiger partial charge in [-0.05, 0) is 36.4 Å². The van der Waals surface area contributed by atoms with Gasteiger partial charge in [0, 0.05) is 41.3 Å². The zero-order chi connectivity index (χ0) is 18.5. The van der Waals surface area contributed by atoms with Gasteiger partial charge in [0.25, 0.3) is 17.5 Å². The van der Waals surface area contributed by atoms with Crippen molar-refractivity contribution < 1.29 is 14.5 Å². The van der Waals surface area contributed by atoms with Crippen LogP contribution < -0.4 is 10.9 Å². The Morgan fingerprint density at radius 3 is 1.92 bits per heavy atom. The van der Waals surface area contributed by atoms with Crippen molar-refractivity contribution >= 4 is 17.5 Å². The van der Waals surface area contributed by atoms with Crippen molar-refractivity contribution in [2.24, 2.45) is 0 Å². The third kappa shape index (κ3) is 3.73. The average Bonchev–Trinajstić information content (AvgIpc) is 3.21. The number of carbonyl (C=O) groups is 2. The Kier molecular flexibility index (Phi) is 4.70. The number of nitrogens with zero attached hydrogens (tertiary/aromatic N) is 3. The number of non-ortho nitro benzene ring substituents is 1. The molecule has 0 radical (unpaired) electrons. The SMILES string of the molecule is O=C(NNC(=O)c1ccc([N+](=O)[O-])cc1)c1ccc(-n2ccnc2)cc1. The lowest BCUT2D eigenvalue weighted by Crippen LogP contribution is -2.41. The van der Waals surface area contributed by atoms with Crippen LogP contribution in [0.5, 0.6) is 0 Å². The van der Waals surface area contributed by atoms with Crippen molar-refractivity contribution in [1.82, 2.24) is 20.4 Å². The number of carbonyl (C=O) groups excluding carboxylic acids is 2. The number of nitro groups is 1. The molecule has 0 aliphatic rings. The topological polar surface area (TPSA) is 119 Å². The summed E-state index contributed by atoms with van der Waals surface area (Å²) in [4.78, 5) is 38.0. The first-order valence-electron chi connectivity index (χ1n) is 7.48. The molecule has 3 rings (SSSR count). The molecule has 0 bridgehead atoms. The second-order valence-electron chi connectivity index (χ2n) is 5.23. The van der Waals surface area contributed by atoms with Crippen LogP contribution in [0, 0.1) is 10.1 Å². The predicted octanol–water partition coefficient (Wildman–Crippen LogP) is 1.86. The number of amides is 2. The van der Waals surface area contributed by atoms with Crippen LogP contribution in [0.15, 0.2) is 67.3 Å². The summed E-state index contributed by atoms with van der Waals surface area (Å²) < 4.78 is 1.79. The minimum absolute atomic E-state index is 0.122. The third-order valence-electron chi connectivity index (χ3n) is 3.56. The number of aromatic nitrogens is 2. The van der Waals surface area contributed by atoms with E-state index in [1.165, 1.54) is 24.3 Å². The van der Waals surface area contributed by atoms with Crippen LogP contribution in [-0.2, 0) is 0 Å². The Hall–Kier alpha value is -4.01. The minimum Gasteiger partial charge on any atom is -0.306 e. The largest absolute Gasteiger partial charge is 0.306 e. The van der Waals surface area contributed by atoms with Gasteiger partial charge in [0.2, 0.25) is 0 Å². The van der Waals surface area contributed by atoms with Gasteiger partial charge in [0.15, 0.2) is 0 Å². The second-order valence-corrected chi connectivity index (χ2v) is 5.23. The van der Waals surface area contributed by atoms with E-state index >= 15 is 0 Å². The van der Waals surface area contributed by atoms with E-state index in [0.717, 1.165) is 5.69 Å². The first kappa shape index (κ1) is 16.8. The Bertz CT molecular complexity index is 934. The average molecular weight is 351 g/mol. The van der Waals surface area contributed by atoms with E-state index in [9.17, 15) is 19.7 Å². The molecule has 3 aromatic rings. The molecule has 0 aliphatic carbocycles. The molecule has 1 heterocycles. The van der Waals surface area contributed by atoms with Crippen LogP contribution in [0.1, 0.15) is 20.7 Å². The molecule has 26 heavy (non-hydrogen) atoms. The Morgan fingerprint density at radius 1 is 0.923 bits per heavy atom. The first-order valence-corrected chi connectivity index (χ1v) is 7.48. The molecule has 9 heteroatoms. The lowest BCUT2D eigenvalue weighted by molar-refractivity contribution is -0.384. The molecule has 0 unspecified atom stereocenters. The molecule has 0 saturated heterocycles. The summed E-state index contributed by atoms with van der Waals surface area (Å²) in [7, 11) is 0. The Labute approximate surface area is 147 Å². The van der Waals surface area contributed by atoms with Crippen molar-refractivity contribution in [2.75, 3.05) is 0 Å². The molecule has 130 valence electrons. The molecule has 9 nitrogen and oxygen atoms in total. The number of hydrazine groups is 1. The highest BCUT2D eigenvalue weighted by Gasteiger charge is 2.11. The molecule has 0 fully saturated rings. The maximum absolute atomic E-state index is 12.1. The Morgan fingerprint density at radius 2 is 1.46 bits per heavy atom. The number of rotatable bonds is 4. The van der Waals surface area contributed by atoms with Gasteiger partial charge < -0.3 is 4.57 Å². The van der Waals surface area contributed by atoms with Gasteiger partial charge in [-0.25, -0.2) is 4.98 Å². The van der Waals surface area contributed by atoms with E-state index in [-0.39, 0.29) is 11.3 Å². The van der Waals surface area contributed by atoms with Crippen molar-refractivity contribution in [3.8, 4) is 5.69 Å². The van der Waals surface area contributed by atoms with E-state index in [2.05, 4.69) is 15.8 Å². The van der Waals surface area contributed by atoms with Gasteiger partial charge in [-0.1, -0.05) is 0 Å². The lowest BCUT2D eigenvalue weighted by Gasteiger charge is -2.08. The van der Waals surface area contributed by atoms with Crippen molar-refractivity contribution in [2.45, 2.75) is 0 Å². The third-order valence-corrected chi connectivity index (χ3v) is 3.56. The highest BCUT2D eigenvalue weighted by molar-refractivity contribution is 5.99. The molecule has 2 aromatic carbocycles. The molecule has 1 aromatic heterocycles. The van der Waals surface area contributed by atoms with Gasteiger partial charge in [0.05, 0.1) is 11.3 Å². The Balaban J connectivity index is 1.59. The zero-order valence-corrected chi connectivity index (χ0v) is 13.3. The highest BCUT2D eigenvalue weighted by Crippen LogP contribution is 2.12. The second kappa shape index (κ2) is 7.26. The van der Waals surface area contributed by atoms with E-state index in [4.69, 9.17) is 0 Å². The fourth-order valence-corrected chi connectivity index (χ4v) is 2.19. The van der Waals surface area contributed by atoms with Crippen molar-refractivity contribution in [3.63, 3.8) is 0 Å². The smallest absolute Gasteiger partial charge is 0.269 e. The van der Waals surface area contributed by atoms with E-state index in [1.54, 1.807) is 47.6 Å². The van der Waals surface area contributed by atoms with E-state index in [0.29, 0.717) is 5.56 Å². The summed E-state index contributed by atoms with van der Waals surface area (Å²) in [5.41, 5.74) is 5.83. The molecule has 0 spiro atoms. The van der Waals surface area contributed by atoms with Crippen LogP contribution in [-0.4, -0.2) is 26.3 Å². The molecule has 2 amide bonds. The number of hydrogen-bond acceptors (Lipinski definition) is 5. The normalized spacial score (nSPS) is 10.2. The quantitative estimate of drug-likeness (QED) is 0.549. The molecule has 0 atom stereocenters. The van der Waals surface area contributed by atoms with Gasteiger partial charge in [-0.2, -0.15) is 0 Å². The fourth-order valence-electron chi connectivity index (χ4n) is 2.19. The molecule has 2 N–H and O–H groups in total. The molecule has 0 saturated carbocycles. The maximum Gasteiger partial charge on any atom is 0.269 e.